The number of hydrogen-bond acceptors (Lipinski definition) is 8. The summed E-state index contributed by atoms with van der Waals surface area (Å²) in [6.07, 6.45) is 1.57. The summed E-state index contributed by atoms with van der Waals surface area (Å²) in [6.45, 7) is 2.06. The first-order chi connectivity index (χ1) is 13.6. The number of nitrogens with one attached hydrogen (secondary N) is 1. The molecule has 0 amide bonds. The number of anilines is 1. The molecule has 1 aromatic heterocycles. The number of fused-ring (bicyclic) bond motifs is 1. The van der Waals surface area contributed by atoms with Crippen LogP contribution in [0.25, 0.3) is 11.0 Å². The molecular formula is C20H19N3O5. The van der Waals surface area contributed by atoms with Gasteiger partial charge in [-0.2, -0.15) is 0 Å². The predicted octanol–water partition coefficient (Wildman–Crippen LogP) is 2.83. The lowest BCUT2D eigenvalue weighted by Gasteiger charge is -2.12. The van der Waals surface area contributed by atoms with Gasteiger partial charge in [0.15, 0.2) is 0 Å². The molecule has 0 radical (unpaired) electrons. The Morgan fingerprint density at radius 1 is 1.11 bits per heavy atom. The highest BCUT2D eigenvalue weighted by Crippen LogP contribution is 2.24. The maximum absolute atomic E-state index is 11.9. The van der Waals surface area contributed by atoms with E-state index in [9.17, 15) is 9.59 Å². The van der Waals surface area contributed by atoms with Crippen LogP contribution in [-0.4, -0.2) is 42.2 Å². The minimum absolute atomic E-state index is 0.146. The number of methoxy groups -OCH3 is 1. The summed E-state index contributed by atoms with van der Waals surface area (Å²) in [6, 6.07) is 12.3. The number of carbonyl (C=O) groups excluding carboxylic acids is 2. The smallest absolute Gasteiger partial charge is 0.341 e. The summed E-state index contributed by atoms with van der Waals surface area (Å²) in [5.74, 6) is -0.535. The monoisotopic (exact) mass is 381 g/mol. The van der Waals surface area contributed by atoms with Gasteiger partial charge in [-0.3, -0.25) is 4.79 Å². The Bertz CT molecular complexity index is 1010. The third kappa shape index (κ3) is 4.73. The van der Waals surface area contributed by atoms with Gasteiger partial charge in [0, 0.05) is 19.2 Å². The van der Waals surface area contributed by atoms with Crippen molar-refractivity contribution in [3.8, 4) is 11.6 Å². The maximum Gasteiger partial charge on any atom is 0.341 e. The molecule has 0 atom stereocenters. The summed E-state index contributed by atoms with van der Waals surface area (Å²) in [5, 5.41) is 3.13. The second kappa shape index (κ2) is 8.81. The van der Waals surface area contributed by atoms with Crippen molar-refractivity contribution < 1.29 is 23.8 Å². The SMILES string of the molecule is COC(=O)c1cc(NCCOc2cnc3ccccc3n2)ccc1OC(C)=O. The molecule has 0 aliphatic carbocycles. The van der Waals surface area contributed by atoms with Crippen LogP contribution in [0, 0.1) is 0 Å². The first kappa shape index (κ1) is 19.1. The van der Waals surface area contributed by atoms with Gasteiger partial charge in [0.05, 0.1) is 24.3 Å². The second-order valence-electron chi connectivity index (χ2n) is 5.77. The largest absolute Gasteiger partial charge is 0.475 e. The van der Waals surface area contributed by atoms with Crippen LogP contribution in [0.15, 0.2) is 48.7 Å². The highest BCUT2D eigenvalue weighted by molar-refractivity contribution is 5.94. The van der Waals surface area contributed by atoms with E-state index in [0.717, 1.165) is 11.0 Å². The third-order valence-corrected chi connectivity index (χ3v) is 3.75. The normalized spacial score (nSPS) is 10.4. The lowest BCUT2D eigenvalue weighted by atomic mass is 10.1. The summed E-state index contributed by atoms with van der Waals surface area (Å²) < 4.78 is 15.4. The van der Waals surface area contributed by atoms with Crippen molar-refractivity contribution in [3.63, 3.8) is 0 Å². The topological polar surface area (TPSA) is 99.6 Å². The van der Waals surface area contributed by atoms with Gasteiger partial charge in [-0.05, 0) is 30.3 Å². The Morgan fingerprint density at radius 2 is 1.89 bits per heavy atom. The van der Waals surface area contributed by atoms with Crippen LogP contribution in [0.3, 0.4) is 0 Å². The van der Waals surface area contributed by atoms with E-state index in [-0.39, 0.29) is 11.3 Å². The van der Waals surface area contributed by atoms with Gasteiger partial charge < -0.3 is 19.5 Å². The number of ether oxygens (including phenoxy) is 3. The third-order valence-electron chi connectivity index (χ3n) is 3.75. The number of hydrogen-bond donors (Lipinski definition) is 1. The van der Waals surface area contributed by atoms with Crippen LogP contribution in [0.5, 0.6) is 11.6 Å². The molecule has 1 heterocycles. The molecule has 0 bridgehead atoms. The zero-order chi connectivity index (χ0) is 19.9. The van der Waals surface area contributed by atoms with Crippen molar-refractivity contribution in [2.75, 3.05) is 25.6 Å². The minimum Gasteiger partial charge on any atom is -0.475 e. The molecule has 0 spiro atoms. The zero-order valence-electron chi connectivity index (χ0n) is 15.5. The summed E-state index contributed by atoms with van der Waals surface area (Å²) in [7, 11) is 1.26. The summed E-state index contributed by atoms with van der Waals surface area (Å²) in [4.78, 5) is 31.8. The van der Waals surface area contributed by atoms with Crippen LogP contribution >= 0.6 is 0 Å². The van der Waals surface area contributed by atoms with E-state index in [0.29, 0.717) is 24.7 Å². The van der Waals surface area contributed by atoms with E-state index in [1.807, 2.05) is 24.3 Å². The number of para-hydroxylation sites is 2. The molecule has 0 aliphatic heterocycles. The Labute approximate surface area is 161 Å². The zero-order valence-corrected chi connectivity index (χ0v) is 15.5. The van der Waals surface area contributed by atoms with Crippen LogP contribution in [0.2, 0.25) is 0 Å². The average Bonchev–Trinajstić information content (AvgIpc) is 2.71. The molecule has 8 heteroatoms. The number of esters is 2. The highest BCUT2D eigenvalue weighted by Gasteiger charge is 2.15. The van der Waals surface area contributed by atoms with Crippen LogP contribution < -0.4 is 14.8 Å². The molecule has 0 unspecified atom stereocenters. The number of benzene rings is 2. The Balaban J connectivity index is 1.60. The van der Waals surface area contributed by atoms with Crippen molar-refractivity contribution in [1.82, 2.24) is 9.97 Å². The minimum atomic E-state index is -0.595. The fourth-order valence-electron chi connectivity index (χ4n) is 2.51. The lowest BCUT2D eigenvalue weighted by molar-refractivity contribution is -0.131. The number of rotatable bonds is 7. The molecule has 0 aliphatic rings. The van der Waals surface area contributed by atoms with Crippen molar-refractivity contribution in [3.05, 3.63) is 54.2 Å². The Kier molecular flexibility index (Phi) is 6.01. The molecule has 0 saturated carbocycles. The van der Waals surface area contributed by atoms with E-state index in [2.05, 4.69) is 15.3 Å². The fraction of sp³-hybridized carbons (Fsp3) is 0.200. The molecule has 3 rings (SSSR count). The summed E-state index contributed by atoms with van der Waals surface area (Å²) >= 11 is 0. The van der Waals surface area contributed by atoms with Crippen molar-refractivity contribution >= 4 is 28.7 Å². The van der Waals surface area contributed by atoms with Crippen molar-refractivity contribution in [2.24, 2.45) is 0 Å². The first-order valence-corrected chi connectivity index (χ1v) is 8.56. The molecule has 3 aromatic rings. The van der Waals surface area contributed by atoms with Gasteiger partial charge >= 0.3 is 11.9 Å². The second-order valence-corrected chi connectivity index (χ2v) is 5.77. The van der Waals surface area contributed by atoms with E-state index in [1.165, 1.54) is 20.1 Å². The molecule has 8 nitrogen and oxygen atoms in total. The lowest BCUT2D eigenvalue weighted by Crippen LogP contribution is -2.13. The van der Waals surface area contributed by atoms with E-state index < -0.39 is 11.9 Å². The number of aromatic nitrogens is 2. The standard InChI is InChI=1S/C20H19N3O5/c1-13(24)28-18-8-7-14(11-15(18)20(25)26-2)21-9-10-27-19-12-22-16-5-3-4-6-17(16)23-19/h3-8,11-12,21H,9-10H2,1-2H3. The molecule has 144 valence electrons. The highest BCUT2D eigenvalue weighted by atomic mass is 16.5. The number of carbonyl (C=O) groups is 2. The van der Waals surface area contributed by atoms with E-state index >= 15 is 0 Å². The quantitative estimate of drug-likeness (QED) is 0.379. The Hall–Kier alpha value is -3.68. The summed E-state index contributed by atoms with van der Waals surface area (Å²) in [5.41, 5.74) is 2.38. The van der Waals surface area contributed by atoms with Gasteiger partial charge in [0.2, 0.25) is 5.88 Å². The van der Waals surface area contributed by atoms with Gasteiger partial charge in [-0.15, -0.1) is 0 Å². The molecule has 0 saturated heterocycles. The van der Waals surface area contributed by atoms with Crippen molar-refractivity contribution in [1.29, 1.82) is 0 Å². The molecule has 2 aromatic carbocycles. The molecular weight excluding hydrogens is 362 g/mol. The Morgan fingerprint density at radius 3 is 2.64 bits per heavy atom. The molecule has 0 fully saturated rings. The van der Waals surface area contributed by atoms with Crippen LogP contribution in [0.1, 0.15) is 17.3 Å². The predicted molar refractivity (Wildman–Crippen MR) is 103 cm³/mol. The van der Waals surface area contributed by atoms with Gasteiger partial charge in [0.1, 0.15) is 17.9 Å². The van der Waals surface area contributed by atoms with Crippen LogP contribution in [-0.2, 0) is 9.53 Å². The van der Waals surface area contributed by atoms with Gasteiger partial charge in [-0.1, -0.05) is 12.1 Å². The molecule has 28 heavy (non-hydrogen) atoms. The van der Waals surface area contributed by atoms with Crippen molar-refractivity contribution in [2.45, 2.75) is 6.92 Å². The van der Waals surface area contributed by atoms with Gasteiger partial charge in [-0.25, -0.2) is 14.8 Å². The van der Waals surface area contributed by atoms with Gasteiger partial charge in [0.25, 0.3) is 0 Å². The number of nitrogens with zero attached hydrogens (tertiary/aromatic N) is 2. The van der Waals surface area contributed by atoms with E-state index in [4.69, 9.17) is 14.2 Å². The maximum atomic E-state index is 11.9. The average molecular weight is 381 g/mol. The van der Waals surface area contributed by atoms with E-state index in [1.54, 1.807) is 18.3 Å². The fourth-order valence-corrected chi connectivity index (χ4v) is 2.51. The first-order valence-electron chi connectivity index (χ1n) is 8.56. The molecule has 1 N–H and O–H groups in total. The van der Waals surface area contributed by atoms with Crippen LogP contribution in [0.4, 0.5) is 5.69 Å².